The third-order valence-electron chi connectivity index (χ3n) is 2.59. The van der Waals surface area contributed by atoms with E-state index in [4.69, 9.17) is 16.0 Å². The number of halogens is 1. The highest BCUT2D eigenvalue weighted by Crippen LogP contribution is 2.25. The van der Waals surface area contributed by atoms with Gasteiger partial charge in [-0.25, -0.2) is 4.98 Å². The van der Waals surface area contributed by atoms with Crippen LogP contribution in [0.15, 0.2) is 52.5 Å². The lowest BCUT2D eigenvalue weighted by molar-refractivity contribution is 0.102. The van der Waals surface area contributed by atoms with E-state index in [1.165, 1.54) is 11.3 Å². The Hall–Kier alpha value is -2.11. The summed E-state index contributed by atoms with van der Waals surface area (Å²) in [7, 11) is 0. The predicted molar refractivity (Wildman–Crippen MR) is 79.2 cm³/mol. The number of hydrogen-bond donors (Lipinski definition) is 1. The fraction of sp³-hybridized carbons (Fsp3) is 0. The van der Waals surface area contributed by atoms with E-state index in [9.17, 15) is 4.79 Å². The number of nitrogens with one attached hydrogen (secondary N) is 1. The number of carbonyl (C=O) groups is 1. The lowest BCUT2D eigenvalue weighted by Gasteiger charge is -2.04. The van der Waals surface area contributed by atoms with Crippen molar-refractivity contribution in [3.63, 3.8) is 0 Å². The molecule has 0 fully saturated rings. The van der Waals surface area contributed by atoms with Crippen LogP contribution in [0.2, 0.25) is 5.02 Å². The van der Waals surface area contributed by atoms with Crippen molar-refractivity contribution < 1.29 is 9.21 Å². The summed E-state index contributed by atoms with van der Waals surface area (Å²) in [6.45, 7) is 0. The number of hydrogen-bond acceptors (Lipinski definition) is 4. The molecule has 0 unspecified atom stereocenters. The van der Waals surface area contributed by atoms with Gasteiger partial charge in [-0.15, -0.1) is 11.3 Å². The Bertz CT molecular complexity index is 737. The average molecular weight is 305 g/mol. The van der Waals surface area contributed by atoms with Gasteiger partial charge in [-0.1, -0.05) is 23.7 Å². The highest BCUT2D eigenvalue weighted by molar-refractivity contribution is 7.13. The van der Waals surface area contributed by atoms with E-state index in [2.05, 4.69) is 10.3 Å². The molecule has 2 heterocycles. The van der Waals surface area contributed by atoms with E-state index in [1.54, 1.807) is 48.0 Å². The second-order valence-electron chi connectivity index (χ2n) is 3.95. The number of benzene rings is 1. The van der Waals surface area contributed by atoms with Gasteiger partial charge in [-0.2, -0.15) is 0 Å². The molecule has 0 atom stereocenters. The highest BCUT2D eigenvalue weighted by atomic mass is 35.5. The number of furan rings is 1. The molecule has 1 aromatic carbocycles. The van der Waals surface area contributed by atoms with Crippen LogP contribution in [-0.4, -0.2) is 10.9 Å². The number of para-hydroxylation sites is 1. The Kier molecular flexibility index (Phi) is 3.54. The molecule has 4 nitrogen and oxygen atoms in total. The van der Waals surface area contributed by atoms with E-state index in [0.29, 0.717) is 27.2 Å². The second kappa shape index (κ2) is 5.48. The van der Waals surface area contributed by atoms with Crippen molar-refractivity contribution in [2.24, 2.45) is 0 Å². The van der Waals surface area contributed by atoms with Crippen molar-refractivity contribution in [3.05, 3.63) is 58.8 Å². The second-order valence-corrected chi connectivity index (χ2v) is 5.21. The zero-order valence-corrected chi connectivity index (χ0v) is 11.7. The maximum absolute atomic E-state index is 12.1. The molecule has 0 saturated carbocycles. The molecule has 3 aromatic rings. The van der Waals surface area contributed by atoms with Crippen LogP contribution in [0.1, 0.15) is 10.5 Å². The topological polar surface area (TPSA) is 55.1 Å². The lowest BCUT2D eigenvalue weighted by Crippen LogP contribution is -2.12. The minimum atomic E-state index is -0.299. The van der Waals surface area contributed by atoms with Gasteiger partial charge in [-0.05, 0) is 24.3 Å². The van der Waals surface area contributed by atoms with Crippen molar-refractivity contribution in [2.75, 3.05) is 5.32 Å². The number of amides is 1. The Balaban J connectivity index is 1.80. The quantitative estimate of drug-likeness (QED) is 0.784. The van der Waals surface area contributed by atoms with E-state index in [-0.39, 0.29) is 5.91 Å². The summed E-state index contributed by atoms with van der Waals surface area (Å²) in [6.07, 6.45) is 1.57. The molecule has 0 bridgehead atoms. The Morgan fingerprint density at radius 1 is 1.25 bits per heavy atom. The molecule has 0 saturated heterocycles. The Labute approximate surface area is 124 Å². The molecule has 0 aliphatic heterocycles. The molecule has 100 valence electrons. The van der Waals surface area contributed by atoms with Gasteiger partial charge in [0.2, 0.25) is 0 Å². The van der Waals surface area contributed by atoms with E-state index < -0.39 is 0 Å². The molecular formula is C14H9ClN2O2S. The highest BCUT2D eigenvalue weighted by Gasteiger charge is 2.14. The molecule has 1 N–H and O–H groups in total. The van der Waals surface area contributed by atoms with E-state index >= 15 is 0 Å². The van der Waals surface area contributed by atoms with Gasteiger partial charge in [0.05, 0.1) is 17.0 Å². The molecule has 3 rings (SSSR count). The molecule has 6 heteroatoms. The smallest absolute Gasteiger partial charge is 0.275 e. The van der Waals surface area contributed by atoms with E-state index in [1.807, 2.05) is 0 Å². The zero-order valence-electron chi connectivity index (χ0n) is 10.2. The van der Waals surface area contributed by atoms with Crippen molar-refractivity contribution in [2.45, 2.75) is 0 Å². The number of aromatic nitrogens is 1. The minimum absolute atomic E-state index is 0.299. The fourth-order valence-corrected chi connectivity index (χ4v) is 2.59. The molecule has 0 aliphatic rings. The summed E-state index contributed by atoms with van der Waals surface area (Å²) < 4.78 is 5.25. The van der Waals surface area contributed by atoms with Gasteiger partial charge in [-0.3, -0.25) is 4.79 Å². The molecule has 0 aliphatic carbocycles. The molecule has 20 heavy (non-hydrogen) atoms. The number of carbonyl (C=O) groups excluding carboxylic acids is 1. The minimum Gasteiger partial charge on any atom is -0.462 e. The predicted octanol–water partition coefficient (Wildman–Crippen LogP) is 4.31. The molecular weight excluding hydrogens is 296 g/mol. The van der Waals surface area contributed by atoms with Crippen molar-refractivity contribution in [3.8, 4) is 10.8 Å². The largest absolute Gasteiger partial charge is 0.462 e. The van der Waals surface area contributed by atoms with Gasteiger partial charge in [0, 0.05) is 5.38 Å². The maximum Gasteiger partial charge on any atom is 0.275 e. The Morgan fingerprint density at radius 3 is 2.85 bits per heavy atom. The van der Waals surface area contributed by atoms with Gasteiger partial charge in [0.25, 0.3) is 5.91 Å². The number of thiazole rings is 1. The van der Waals surface area contributed by atoms with Crippen LogP contribution in [0.3, 0.4) is 0 Å². The van der Waals surface area contributed by atoms with Gasteiger partial charge in [0.15, 0.2) is 10.8 Å². The summed E-state index contributed by atoms with van der Waals surface area (Å²) in [4.78, 5) is 16.3. The van der Waals surface area contributed by atoms with Crippen LogP contribution in [0.25, 0.3) is 10.8 Å². The molecule has 2 aromatic heterocycles. The third-order valence-corrected chi connectivity index (χ3v) is 3.78. The summed E-state index contributed by atoms with van der Waals surface area (Å²) in [5.74, 6) is 0.346. The van der Waals surface area contributed by atoms with Crippen LogP contribution in [0.4, 0.5) is 5.69 Å². The standard InChI is InChI=1S/C14H9ClN2O2S/c15-9-4-1-2-5-10(9)16-13(18)11-8-20-14(17-11)12-6-3-7-19-12/h1-8H,(H,16,18). The molecule has 0 radical (unpaired) electrons. The normalized spacial score (nSPS) is 10.4. The molecule has 1 amide bonds. The average Bonchev–Trinajstić information content (AvgIpc) is 3.11. The van der Waals surface area contributed by atoms with Gasteiger partial charge >= 0.3 is 0 Å². The maximum atomic E-state index is 12.1. The van der Waals surface area contributed by atoms with Gasteiger partial charge < -0.3 is 9.73 Å². The van der Waals surface area contributed by atoms with Gasteiger partial charge in [0.1, 0.15) is 5.69 Å². The van der Waals surface area contributed by atoms with Crippen molar-refractivity contribution in [1.29, 1.82) is 0 Å². The van der Waals surface area contributed by atoms with Crippen molar-refractivity contribution in [1.82, 2.24) is 4.98 Å². The number of rotatable bonds is 3. The SMILES string of the molecule is O=C(Nc1ccccc1Cl)c1csc(-c2ccco2)n1. The van der Waals surface area contributed by atoms with Crippen LogP contribution >= 0.6 is 22.9 Å². The summed E-state index contributed by atoms with van der Waals surface area (Å²) in [6, 6.07) is 10.6. The van der Waals surface area contributed by atoms with Crippen LogP contribution < -0.4 is 5.32 Å². The Morgan fingerprint density at radius 2 is 2.10 bits per heavy atom. The van der Waals surface area contributed by atoms with E-state index in [0.717, 1.165) is 0 Å². The monoisotopic (exact) mass is 304 g/mol. The molecule has 0 spiro atoms. The summed E-state index contributed by atoms with van der Waals surface area (Å²) in [5.41, 5.74) is 0.896. The first kappa shape index (κ1) is 12.9. The van der Waals surface area contributed by atoms with Crippen molar-refractivity contribution >= 4 is 34.5 Å². The third kappa shape index (κ3) is 2.59. The zero-order chi connectivity index (χ0) is 13.9. The number of anilines is 1. The first-order valence-corrected chi connectivity index (χ1v) is 7.05. The fourth-order valence-electron chi connectivity index (χ4n) is 1.64. The summed E-state index contributed by atoms with van der Waals surface area (Å²) in [5, 5.41) is 5.57. The first-order chi connectivity index (χ1) is 9.74. The van der Waals surface area contributed by atoms with Crippen LogP contribution in [0, 0.1) is 0 Å². The summed E-state index contributed by atoms with van der Waals surface area (Å²) >= 11 is 7.35. The van der Waals surface area contributed by atoms with Crippen LogP contribution in [0.5, 0.6) is 0 Å². The first-order valence-electron chi connectivity index (χ1n) is 5.79. The van der Waals surface area contributed by atoms with Crippen LogP contribution in [-0.2, 0) is 0 Å². The number of nitrogens with zero attached hydrogens (tertiary/aromatic N) is 1. The lowest BCUT2D eigenvalue weighted by atomic mass is 10.3.